The van der Waals surface area contributed by atoms with Crippen LogP contribution < -0.4 is 5.56 Å². The molecule has 0 atom stereocenters. The second-order valence-electron chi connectivity index (χ2n) is 6.31. The Labute approximate surface area is 167 Å². The van der Waals surface area contributed by atoms with E-state index in [0.29, 0.717) is 27.7 Å². The lowest BCUT2D eigenvalue weighted by molar-refractivity contribution is 0.521. The Morgan fingerprint density at radius 1 is 1.07 bits per heavy atom. The number of aromatic amines is 1. The van der Waals surface area contributed by atoms with Crippen molar-refractivity contribution in [2.45, 2.75) is 11.8 Å². The molecular weight excluding hydrogens is 400 g/mol. The molecule has 2 aromatic carbocycles. The topological polar surface area (TPSA) is 87.5 Å². The Balaban J connectivity index is 1.89. The lowest BCUT2D eigenvalue weighted by Crippen LogP contribution is -2.21. The van der Waals surface area contributed by atoms with Crippen LogP contribution in [0.4, 0.5) is 5.69 Å². The maximum Gasteiger partial charge on any atom is 0.280 e. The molecule has 3 rings (SSSR count). The van der Waals surface area contributed by atoms with Gasteiger partial charge < -0.3 is 0 Å². The molecule has 146 valence electrons. The van der Waals surface area contributed by atoms with E-state index in [-0.39, 0.29) is 10.5 Å². The van der Waals surface area contributed by atoms with Gasteiger partial charge in [0.2, 0.25) is 10.0 Å². The normalized spacial score (nSPS) is 12.2. The van der Waals surface area contributed by atoms with Crippen LogP contribution in [0.5, 0.6) is 0 Å². The van der Waals surface area contributed by atoms with E-state index in [9.17, 15) is 13.2 Å². The molecule has 3 aromatic rings. The van der Waals surface area contributed by atoms with E-state index in [1.807, 2.05) is 0 Å². The van der Waals surface area contributed by atoms with Crippen molar-refractivity contribution in [1.29, 1.82) is 0 Å². The van der Waals surface area contributed by atoms with Gasteiger partial charge >= 0.3 is 0 Å². The third-order valence-electron chi connectivity index (χ3n) is 4.16. The van der Waals surface area contributed by atoms with Crippen LogP contribution in [0.15, 0.2) is 63.2 Å². The van der Waals surface area contributed by atoms with Crippen molar-refractivity contribution in [2.75, 3.05) is 14.1 Å². The lowest BCUT2D eigenvalue weighted by atomic mass is 10.2. The molecule has 0 unspecified atom stereocenters. The van der Waals surface area contributed by atoms with Crippen LogP contribution >= 0.6 is 11.6 Å². The summed E-state index contributed by atoms with van der Waals surface area (Å²) >= 11 is 5.89. The monoisotopic (exact) mass is 418 g/mol. The van der Waals surface area contributed by atoms with Gasteiger partial charge in [-0.15, -0.1) is 0 Å². The number of aliphatic imine (C=N–C) groups is 1. The Kier molecular flexibility index (Phi) is 5.55. The molecule has 1 N–H and O–H groups in total. The first kappa shape index (κ1) is 20.1. The van der Waals surface area contributed by atoms with Crippen molar-refractivity contribution in [3.05, 3.63) is 75.2 Å². The minimum atomic E-state index is -3.49. The molecule has 0 fully saturated rings. The van der Waals surface area contributed by atoms with Gasteiger partial charge in [-0.3, -0.25) is 14.9 Å². The van der Waals surface area contributed by atoms with E-state index in [2.05, 4.69) is 10.1 Å². The maximum atomic E-state index is 12.7. The van der Waals surface area contributed by atoms with Gasteiger partial charge in [0.15, 0.2) is 0 Å². The summed E-state index contributed by atoms with van der Waals surface area (Å²) in [5.74, 6) is 0. The highest BCUT2D eigenvalue weighted by atomic mass is 35.5. The van der Waals surface area contributed by atoms with Gasteiger partial charge in [-0.1, -0.05) is 11.6 Å². The number of H-pyrrole nitrogens is 1. The number of aromatic nitrogens is 2. The van der Waals surface area contributed by atoms with Gasteiger partial charge in [0.25, 0.3) is 5.56 Å². The average Bonchev–Trinajstić information content (AvgIpc) is 2.95. The number of nitrogens with one attached hydrogen (secondary N) is 1. The Hall–Kier alpha value is -2.68. The number of hydrogen-bond acceptors (Lipinski definition) is 4. The molecule has 9 heteroatoms. The van der Waals surface area contributed by atoms with Crippen LogP contribution in [0, 0.1) is 6.92 Å². The first-order valence-electron chi connectivity index (χ1n) is 8.34. The van der Waals surface area contributed by atoms with E-state index in [1.54, 1.807) is 43.3 Å². The molecule has 1 heterocycles. The third-order valence-corrected chi connectivity index (χ3v) is 6.24. The molecule has 28 heavy (non-hydrogen) atoms. The van der Waals surface area contributed by atoms with Gasteiger partial charge in [0.05, 0.1) is 21.8 Å². The summed E-state index contributed by atoms with van der Waals surface area (Å²) < 4.78 is 26.8. The summed E-state index contributed by atoms with van der Waals surface area (Å²) in [6, 6.07) is 13.0. The molecule has 0 saturated carbocycles. The van der Waals surface area contributed by atoms with Crippen LogP contribution in [0.3, 0.4) is 0 Å². The van der Waals surface area contributed by atoms with E-state index < -0.39 is 10.0 Å². The minimum absolute atomic E-state index is 0.180. The number of sulfonamides is 1. The summed E-state index contributed by atoms with van der Waals surface area (Å²) in [5.41, 5.74) is 2.04. The van der Waals surface area contributed by atoms with Crippen molar-refractivity contribution in [3.8, 4) is 5.69 Å². The van der Waals surface area contributed by atoms with Crippen molar-refractivity contribution in [3.63, 3.8) is 0 Å². The molecule has 0 radical (unpaired) electrons. The first-order valence-corrected chi connectivity index (χ1v) is 10.2. The Bertz CT molecular complexity index is 1180. The van der Waals surface area contributed by atoms with Crippen LogP contribution in [0.2, 0.25) is 5.02 Å². The van der Waals surface area contributed by atoms with Crippen LogP contribution in [0.25, 0.3) is 5.69 Å². The fourth-order valence-corrected chi connectivity index (χ4v) is 3.57. The number of nitrogens with zero attached hydrogens (tertiary/aromatic N) is 3. The fourth-order valence-electron chi connectivity index (χ4n) is 2.54. The quantitative estimate of drug-likeness (QED) is 0.645. The van der Waals surface area contributed by atoms with Gasteiger partial charge in [-0.2, -0.15) is 0 Å². The highest BCUT2D eigenvalue weighted by Crippen LogP contribution is 2.19. The smallest absolute Gasteiger partial charge is 0.280 e. The van der Waals surface area contributed by atoms with Gasteiger partial charge in [-0.25, -0.2) is 17.4 Å². The Morgan fingerprint density at radius 2 is 1.68 bits per heavy atom. The van der Waals surface area contributed by atoms with Crippen molar-refractivity contribution >= 4 is 33.5 Å². The van der Waals surface area contributed by atoms with Crippen molar-refractivity contribution in [2.24, 2.45) is 4.99 Å². The SMILES string of the molecule is Cc1[nH]n(-c2ccc(Cl)cc2)c(=O)c1C=Nc1ccc(S(=O)(=O)N(C)C)cc1. The molecule has 0 aliphatic carbocycles. The zero-order valence-corrected chi connectivity index (χ0v) is 17.1. The second kappa shape index (κ2) is 7.75. The predicted molar refractivity (Wildman–Crippen MR) is 111 cm³/mol. The highest BCUT2D eigenvalue weighted by Gasteiger charge is 2.16. The summed E-state index contributed by atoms with van der Waals surface area (Å²) in [5, 5.41) is 3.60. The average molecular weight is 419 g/mol. The summed E-state index contributed by atoms with van der Waals surface area (Å²) in [7, 11) is -0.543. The first-order chi connectivity index (χ1) is 13.2. The fraction of sp³-hybridized carbons (Fsp3) is 0.158. The number of benzene rings is 2. The largest absolute Gasteiger partial charge is 0.295 e. The Morgan fingerprint density at radius 3 is 2.25 bits per heavy atom. The van der Waals surface area contributed by atoms with Crippen molar-refractivity contribution in [1.82, 2.24) is 14.1 Å². The van der Waals surface area contributed by atoms with Crippen LogP contribution in [-0.4, -0.2) is 42.8 Å². The maximum absolute atomic E-state index is 12.7. The van der Waals surface area contributed by atoms with Gasteiger partial charge in [0, 0.05) is 31.0 Å². The molecule has 0 amide bonds. The summed E-state index contributed by atoms with van der Waals surface area (Å²) in [6.45, 7) is 1.78. The van der Waals surface area contributed by atoms with Crippen LogP contribution in [0.1, 0.15) is 11.3 Å². The zero-order valence-electron chi connectivity index (χ0n) is 15.5. The van der Waals surface area contributed by atoms with Crippen LogP contribution in [-0.2, 0) is 10.0 Å². The second-order valence-corrected chi connectivity index (χ2v) is 8.90. The zero-order chi connectivity index (χ0) is 20.5. The lowest BCUT2D eigenvalue weighted by Gasteiger charge is -2.10. The summed E-state index contributed by atoms with van der Waals surface area (Å²) in [6.07, 6.45) is 1.47. The van der Waals surface area contributed by atoms with Crippen molar-refractivity contribution < 1.29 is 8.42 Å². The van der Waals surface area contributed by atoms with E-state index in [1.165, 1.54) is 37.1 Å². The standard InChI is InChI=1S/C19H19ClN4O3S/c1-13-18(19(25)24(22-13)16-8-4-14(20)5-9-16)12-21-15-6-10-17(11-7-15)28(26,27)23(2)3/h4-12,22H,1-3H3. The van der Waals surface area contributed by atoms with Gasteiger partial charge in [-0.05, 0) is 55.5 Å². The predicted octanol–water partition coefficient (Wildman–Crippen LogP) is 3.13. The minimum Gasteiger partial charge on any atom is -0.295 e. The summed E-state index contributed by atoms with van der Waals surface area (Å²) in [4.78, 5) is 17.2. The third kappa shape index (κ3) is 3.94. The number of hydrogen-bond donors (Lipinski definition) is 1. The van der Waals surface area contributed by atoms with E-state index in [0.717, 1.165) is 4.31 Å². The molecule has 0 aliphatic heterocycles. The van der Waals surface area contributed by atoms with Gasteiger partial charge in [0.1, 0.15) is 0 Å². The molecule has 0 bridgehead atoms. The molecule has 0 saturated heterocycles. The molecule has 7 nitrogen and oxygen atoms in total. The molecular formula is C19H19ClN4O3S. The molecule has 0 aliphatic rings. The van der Waals surface area contributed by atoms with E-state index >= 15 is 0 Å². The van der Waals surface area contributed by atoms with E-state index in [4.69, 9.17) is 11.6 Å². The number of rotatable bonds is 5. The number of halogens is 1. The molecule has 0 spiro atoms. The highest BCUT2D eigenvalue weighted by molar-refractivity contribution is 7.89. The molecule has 1 aromatic heterocycles. The number of aryl methyl sites for hydroxylation is 1.